The summed E-state index contributed by atoms with van der Waals surface area (Å²) in [6.07, 6.45) is 11.6. The molecule has 0 fully saturated rings. The Balaban J connectivity index is 2.25. The molecule has 1 aromatic carbocycles. The van der Waals surface area contributed by atoms with Crippen LogP contribution in [0.15, 0.2) is 30.3 Å². The van der Waals surface area contributed by atoms with E-state index in [4.69, 9.17) is 19.3 Å². The number of benzene rings is 1. The van der Waals surface area contributed by atoms with E-state index in [1.54, 1.807) is 6.42 Å². The van der Waals surface area contributed by atoms with Crippen LogP contribution in [0.5, 0.6) is 5.75 Å². The Labute approximate surface area is 177 Å². The van der Waals surface area contributed by atoms with E-state index >= 15 is 0 Å². The average Bonchev–Trinajstić information content (AvgIpc) is 2.73. The molecule has 5 nitrogen and oxygen atoms in total. The Hall–Kier alpha value is -1.14. The first-order valence-corrected chi connectivity index (χ1v) is 11.2. The smallest absolute Gasteiger partial charge is 0.122 e. The molecule has 2 atom stereocenters. The first-order valence-electron chi connectivity index (χ1n) is 11.2. The van der Waals surface area contributed by atoms with Crippen LogP contribution in [0.2, 0.25) is 0 Å². The van der Waals surface area contributed by atoms with Crippen molar-refractivity contribution < 1.29 is 24.4 Å². The lowest BCUT2D eigenvalue weighted by molar-refractivity contribution is -0.0364. The zero-order chi connectivity index (χ0) is 21.0. The van der Waals surface area contributed by atoms with E-state index in [9.17, 15) is 5.11 Å². The number of rotatable bonds is 20. The van der Waals surface area contributed by atoms with E-state index in [1.165, 1.54) is 38.5 Å². The van der Waals surface area contributed by atoms with Gasteiger partial charge < -0.3 is 24.4 Å². The Morgan fingerprint density at radius 3 is 2.31 bits per heavy atom. The molecular formula is C24H41O5. The van der Waals surface area contributed by atoms with Gasteiger partial charge in [0.1, 0.15) is 18.0 Å². The van der Waals surface area contributed by atoms with Crippen LogP contribution in [0, 0.1) is 6.42 Å². The summed E-state index contributed by atoms with van der Waals surface area (Å²) in [5, 5.41) is 18.7. The van der Waals surface area contributed by atoms with Crippen molar-refractivity contribution in [2.75, 3.05) is 33.0 Å². The quantitative estimate of drug-likeness (QED) is 0.309. The highest BCUT2D eigenvalue weighted by Crippen LogP contribution is 2.16. The summed E-state index contributed by atoms with van der Waals surface area (Å²) in [5.74, 6) is 0.855. The van der Waals surface area contributed by atoms with Crippen molar-refractivity contribution in [2.45, 2.75) is 76.9 Å². The third-order valence-corrected chi connectivity index (χ3v) is 4.70. The molecule has 1 aromatic rings. The average molecular weight is 410 g/mol. The van der Waals surface area contributed by atoms with Crippen LogP contribution in [-0.2, 0) is 9.47 Å². The van der Waals surface area contributed by atoms with E-state index < -0.39 is 6.10 Å². The minimum absolute atomic E-state index is 0.0136. The number of aliphatic hydroxyl groups is 2. The molecule has 0 saturated carbocycles. The molecule has 0 heterocycles. The van der Waals surface area contributed by atoms with E-state index in [2.05, 4.69) is 6.92 Å². The molecule has 0 amide bonds. The van der Waals surface area contributed by atoms with Crippen molar-refractivity contribution >= 4 is 0 Å². The van der Waals surface area contributed by atoms with Gasteiger partial charge in [0, 0.05) is 13.2 Å². The summed E-state index contributed by atoms with van der Waals surface area (Å²) in [4.78, 5) is 0. The number of aliphatic hydroxyl groups excluding tert-OH is 2. The van der Waals surface area contributed by atoms with Gasteiger partial charge >= 0.3 is 0 Å². The van der Waals surface area contributed by atoms with Gasteiger partial charge in [-0.15, -0.1) is 0 Å². The molecule has 2 unspecified atom stereocenters. The third-order valence-electron chi connectivity index (χ3n) is 4.70. The molecule has 2 N–H and O–H groups in total. The van der Waals surface area contributed by atoms with Crippen LogP contribution in [0.3, 0.4) is 0 Å². The van der Waals surface area contributed by atoms with Crippen LogP contribution in [0.4, 0.5) is 0 Å². The fourth-order valence-corrected chi connectivity index (χ4v) is 3.06. The van der Waals surface area contributed by atoms with Crippen molar-refractivity contribution in [3.63, 3.8) is 0 Å². The fourth-order valence-electron chi connectivity index (χ4n) is 3.06. The summed E-state index contributed by atoms with van der Waals surface area (Å²) < 4.78 is 17.2. The van der Waals surface area contributed by atoms with Crippen molar-refractivity contribution in [1.29, 1.82) is 0 Å². The summed E-state index contributed by atoms with van der Waals surface area (Å²) >= 11 is 0. The summed E-state index contributed by atoms with van der Waals surface area (Å²) in [6.45, 7) is 3.72. The zero-order valence-electron chi connectivity index (χ0n) is 18.1. The van der Waals surface area contributed by atoms with Crippen LogP contribution in [0.25, 0.3) is 0 Å². The highest BCUT2D eigenvalue weighted by molar-refractivity contribution is 5.21. The topological polar surface area (TPSA) is 68.2 Å². The van der Waals surface area contributed by atoms with Gasteiger partial charge in [-0.05, 0) is 37.8 Å². The van der Waals surface area contributed by atoms with Gasteiger partial charge in [-0.3, -0.25) is 0 Å². The first-order chi connectivity index (χ1) is 14.3. The largest absolute Gasteiger partial charge is 0.488 e. The number of hydrogen-bond acceptors (Lipinski definition) is 5. The second kappa shape index (κ2) is 18.9. The van der Waals surface area contributed by atoms with E-state index in [-0.39, 0.29) is 25.9 Å². The maximum Gasteiger partial charge on any atom is 0.122 e. The van der Waals surface area contributed by atoms with Gasteiger partial charge in [-0.1, -0.05) is 63.6 Å². The van der Waals surface area contributed by atoms with Gasteiger partial charge in [0.2, 0.25) is 0 Å². The molecule has 29 heavy (non-hydrogen) atoms. The maximum absolute atomic E-state index is 9.97. The maximum atomic E-state index is 9.97. The molecule has 0 aromatic heterocycles. The van der Waals surface area contributed by atoms with Crippen molar-refractivity contribution in [3.8, 4) is 5.75 Å². The van der Waals surface area contributed by atoms with Gasteiger partial charge in [0.15, 0.2) is 0 Å². The second-order valence-corrected chi connectivity index (χ2v) is 7.49. The normalized spacial score (nSPS) is 13.3. The highest BCUT2D eigenvalue weighted by atomic mass is 16.5. The van der Waals surface area contributed by atoms with Crippen LogP contribution in [-0.4, -0.2) is 55.5 Å². The lowest BCUT2D eigenvalue weighted by Gasteiger charge is -2.20. The lowest BCUT2D eigenvalue weighted by Crippen LogP contribution is -2.28. The van der Waals surface area contributed by atoms with E-state index in [1.807, 2.05) is 30.3 Å². The SMILES string of the molecule is CCCCCCCCCC(COCC(O)COCC[CH]CO)Oc1ccccc1. The fraction of sp³-hybridized carbons (Fsp3) is 0.708. The standard InChI is InChI=1S/C24H41O5/c1-2-3-4-5-6-7-9-16-24(29-23-14-10-8-11-15-23)21-28-20-22(26)19-27-18-13-12-17-25/h8,10-12,14-15,22,24-26H,2-7,9,13,16-21H2,1H3. The van der Waals surface area contributed by atoms with Gasteiger partial charge in [-0.25, -0.2) is 0 Å². The first kappa shape index (κ1) is 25.9. The van der Waals surface area contributed by atoms with Crippen LogP contribution >= 0.6 is 0 Å². The second-order valence-electron chi connectivity index (χ2n) is 7.49. The predicted octanol–water partition coefficient (Wildman–Crippen LogP) is 4.56. The van der Waals surface area contributed by atoms with Crippen molar-refractivity contribution in [3.05, 3.63) is 36.8 Å². The Bertz CT molecular complexity index is 454. The molecule has 0 aliphatic rings. The minimum Gasteiger partial charge on any atom is -0.488 e. The van der Waals surface area contributed by atoms with E-state index in [0.29, 0.717) is 19.6 Å². The number of para-hydroxylation sites is 1. The lowest BCUT2D eigenvalue weighted by atomic mass is 10.1. The van der Waals surface area contributed by atoms with Gasteiger partial charge in [0.05, 0.1) is 19.8 Å². The van der Waals surface area contributed by atoms with Gasteiger partial charge in [0.25, 0.3) is 0 Å². The molecule has 0 aliphatic carbocycles. The molecule has 0 saturated heterocycles. The molecule has 0 spiro atoms. The predicted molar refractivity (Wildman–Crippen MR) is 117 cm³/mol. The highest BCUT2D eigenvalue weighted by Gasteiger charge is 2.13. The molecular weight excluding hydrogens is 368 g/mol. The van der Waals surface area contributed by atoms with Gasteiger partial charge in [-0.2, -0.15) is 0 Å². The number of ether oxygens (including phenoxy) is 3. The van der Waals surface area contributed by atoms with Crippen LogP contribution < -0.4 is 4.74 Å². The third kappa shape index (κ3) is 15.4. The summed E-state index contributed by atoms with van der Waals surface area (Å²) in [5.41, 5.74) is 0. The Kier molecular flexibility index (Phi) is 16.8. The summed E-state index contributed by atoms with van der Waals surface area (Å²) in [6, 6.07) is 9.84. The number of unbranched alkanes of at least 4 members (excludes halogenated alkanes) is 7. The molecule has 5 heteroatoms. The Morgan fingerprint density at radius 1 is 0.897 bits per heavy atom. The van der Waals surface area contributed by atoms with E-state index in [0.717, 1.165) is 18.6 Å². The molecule has 1 rings (SSSR count). The summed E-state index contributed by atoms with van der Waals surface area (Å²) in [7, 11) is 0. The molecule has 0 aliphatic heterocycles. The molecule has 1 radical (unpaired) electrons. The van der Waals surface area contributed by atoms with Crippen molar-refractivity contribution in [2.24, 2.45) is 0 Å². The molecule has 0 bridgehead atoms. The minimum atomic E-state index is -0.653. The zero-order valence-corrected chi connectivity index (χ0v) is 18.1. The monoisotopic (exact) mass is 409 g/mol. The van der Waals surface area contributed by atoms with Crippen molar-refractivity contribution in [1.82, 2.24) is 0 Å². The number of hydrogen-bond donors (Lipinski definition) is 2. The van der Waals surface area contributed by atoms with Crippen LogP contribution in [0.1, 0.15) is 64.7 Å². The Morgan fingerprint density at radius 2 is 1.59 bits per heavy atom. The molecule has 167 valence electrons.